The Morgan fingerprint density at radius 3 is 1.56 bits per heavy atom. The van der Waals surface area contributed by atoms with Gasteiger partial charge in [0.15, 0.2) is 0 Å². The standard InChI is InChI=1S/C32H33N3O/c1-21(2)30(23-13-7-5-8-14-23)25-19-26(31(22(3)4)24-15-9-6-10-16-24)32(36)29(20-25)35-33-27-17-11-12-18-28(27)34-35/h5-22,30-31,36H,1-4H3. The maximum absolute atomic E-state index is 11.8. The number of rotatable bonds is 7. The van der Waals surface area contributed by atoms with Crippen molar-refractivity contribution in [1.82, 2.24) is 15.0 Å². The second-order valence-corrected chi connectivity index (χ2v) is 10.2. The molecule has 5 rings (SSSR count). The van der Waals surface area contributed by atoms with E-state index < -0.39 is 0 Å². The molecule has 0 radical (unpaired) electrons. The second kappa shape index (κ2) is 9.98. The molecule has 1 heterocycles. The Balaban J connectivity index is 1.78. The summed E-state index contributed by atoms with van der Waals surface area (Å²) >= 11 is 0. The maximum Gasteiger partial charge on any atom is 0.146 e. The fourth-order valence-corrected chi connectivity index (χ4v) is 5.41. The van der Waals surface area contributed by atoms with Crippen LogP contribution in [0.2, 0.25) is 0 Å². The average molecular weight is 476 g/mol. The molecule has 0 bridgehead atoms. The SMILES string of the molecule is CC(C)C(c1ccccc1)c1cc(C(c2ccccc2)C(C)C)c(O)c(-n2nc3ccccc3n2)c1. The van der Waals surface area contributed by atoms with Crippen LogP contribution < -0.4 is 0 Å². The number of hydrogen-bond donors (Lipinski definition) is 1. The van der Waals surface area contributed by atoms with Gasteiger partial charge in [-0.2, -0.15) is 0 Å². The molecule has 5 aromatic rings. The third-order valence-corrected chi connectivity index (χ3v) is 6.99. The summed E-state index contributed by atoms with van der Waals surface area (Å²) in [6.45, 7) is 8.92. The first-order chi connectivity index (χ1) is 17.4. The number of phenols is 1. The summed E-state index contributed by atoms with van der Waals surface area (Å²) in [6.07, 6.45) is 0. The molecular weight excluding hydrogens is 442 g/mol. The van der Waals surface area contributed by atoms with Gasteiger partial charge in [-0.25, -0.2) is 0 Å². The van der Waals surface area contributed by atoms with Crippen molar-refractivity contribution in [2.45, 2.75) is 39.5 Å². The van der Waals surface area contributed by atoms with Crippen molar-refractivity contribution in [3.63, 3.8) is 0 Å². The molecule has 0 saturated heterocycles. The number of phenolic OH excluding ortho intramolecular Hbond substituents is 1. The first-order valence-corrected chi connectivity index (χ1v) is 12.7. The molecule has 4 nitrogen and oxygen atoms in total. The summed E-state index contributed by atoms with van der Waals surface area (Å²) in [6, 6.07) is 33.2. The molecule has 0 amide bonds. The lowest BCUT2D eigenvalue weighted by atomic mass is 9.77. The maximum atomic E-state index is 11.8. The van der Waals surface area contributed by atoms with Crippen molar-refractivity contribution in [2.75, 3.05) is 0 Å². The zero-order valence-electron chi connectivity index (χ0n) is 21.3. The van der Waals surface area contributed by atoms with Crippen molar-refractivity contribution in [3.05, 3.63) is 119 Å². The normalized spacial score (nSPS) is 13.4. The first kappa shape index (κ1) is 23.8. The molecule has 0 aliphatic rings. The van der Waals surface area contributed by atoms with Crippen molar-refractivity contribution in [3.8, 4) is 11.4 Å². The van der Waals surface area contributed by atoms with Crippen LogP contribution in [-0.2, 0) is 0 Å². The van der Waals surface area contributed by atoms with Gasteiger partial charge in [0.2, 0.25) is 0 Å². The van der Waals surface area contributed by atoms with Crippen molar-refractivity contribution in [1.29, 1.82) is 0 Å². The number of benzene rings is 4. The van der Waals surface area contributed by atoms with E-state index in [4.69, 9.17) is 10.2 Å². The Kier molecular flexibility index (Phi) is 6.60. The summed E-state index contributed by atoms with van der Waals surface area (Å²) in [5, 5.41) is 21.2. The van der Waals surface area contributed by atoms with Gasteiger partial charge in [-0.1, -0.05) is 107 Å². The van der Waals surface area contributed by atoms with Gasteiger partial charge in [-0.15, -0.1) is 15.0 Å². The molecule has 0 aliphatic heterocycles. The Labute approximate surface area is 213 Å². The summed E-state index contributed by atoms with van der Waals surface area (Å²) in [7, 11) is 0. The van der Waals surface area contributed by atoms with Crippen molar-refractivity contribution in [2.24, 2.45) is 11.8 Å². The highest BCUT2D eigenvalue weighted by Gasteiger charge is 2.28. The lowest BCUT2D eigenvalue weighted by Crippen LogP contribution is -2.14. The molecule has 0 spiro atoms. The van der Waals surface area contributed by atoms with E-state index in [0.29, 0.717) is 11.6 Å². The van der Waals surface area contributed by atoms with Gasteiger partial charge >= 0.3 is 0 Å². The molecule has 2 unspecified atom stereocenters. The number of fused-ring (bicyclic) bond motifs is 1. The smallest absolute Gasteiger partial charge is 0.146 e. The van der Waals surface area contributed by atoms with E-state index in [2.05, 4.69) is 94.4 Å². The quantitative estimate of drug-likeness (QED) is 0.262. The lowest BCUT2D eigenvalue weighted by Gasteiger charge is -2.28. The number of aromatic nitrogens is 3. The lowest BCUT2D eigenvalue weighted by molar-refractivity contribution is 0.444. The van der Waals surface area contributed by atoms with Crippen LogP contribution in [0, 0.1) is 11.8 Å². The minimum atomic E-state index is 0.0264. The summed E-state index contributed by atoms with van der Waals surface area (Å²) < 4.78 is 0. The molecule has 2 atom stereocenters. The third kappa shape index (κ3) is 4.51. The second-order valence-electron chi connectivity index (χ2n) is 10.2. The highest BCUT2D eigenvalue weighted by Crippen LogP contribution is 2.43. The molecule has 4 aromatic carbocycles. The largest absolute Gasteiger partial charge is 0.505 e. The van der Waals surface area contributed by atoms with Gasteiger partial charge in [0.05, 0.1) is 0 Å². The van der Waals surface area contributed by atoms with E-state index >= 15 is 0 Å². The fraction of sp³-hybridized carbons (Fsp3) is 0.250. The Hall–Kier alpha value is -3.92. The molecule has 4 heteroatoms. The third-order valence-electron chi connectivity index (χ3n) is 6.99. The fourth-order valence-electron chi connectivity index (χ4n) is 5.41. The number of aromatic hydroxyl groups is 1. The monoisotopic (exact) mass is 475 g/mol. The molecular formula is C32H33N3O. The molecule has 1 N–H and O–H groups in total. The summed E-state index contributed by atoms with van der Waals surface area (Å²) in [5.74, 6) is 1.06. The predicted molar refractivity (Wildman–Crippen MR) is 147 cm³/mol. The van der Waals surface area contributed by atoms with E-state index in [-0.39, 0.29) is 23.5 Å². The molecule has 0 fully saturated rings. The van der Waals surface area contributed by atoms with Crippen LogP contribution in [0.5, 0.6) is 5.75 Å². The van der Waals surface area contributed by atoms with E-state index in [9.17, 15) is 5.11 Å². The Morgan fingerprint density at radius 2 is 1.06 bits per heavy atom. The first-order valence-electron chi connectivity index (χ1n) is 12.7. The van der Waals surface area contributed by atoms with E-state index in [1.165, 1.54) is 11.1 Å². The summed E-state index contributed by atoms with van der Waals surface area (Å²) in [5.41, 5.74) is 6.72. The van der Waals surface area contributed by atoms with Crippen molar-refractivity contribution >= 4 is 11.0 Å². The minimum Gasteiger partial charge on any atom is -0.505 e. The van der Waals surface area contributed by atoms with E-state index in [1.807, 2.05) is 30.3 Å². The predicted octanol–water partition coefficient (Wildman–Crippen LogP) is 7.70. The summed E-state index contributed by atoms with van der Waals surface area (Å²) in [4.78, 5) is 1.60. The molecule has 0 saturated carbocycles. The van der Waals surface area contributed by atoms with Gasteiger partial charge in [0.25, 0.3) is 0 Å². The zero-order valence-corrected chi connectivity index (χ0v) is 21.3. The Morgan fingerprint density at radius 1 is 0.583 bits per heavy atom. The molecule has 0 aliphatic carbocycles. The minimum absolute atomic E-state index is 0.0264. The van der Waals surface area contributed by atoms with E-state index in [1.54, 1.807) is 4.80 Å². The van der Waals surface area contributed by atoms with Crippen LogP contribution in [0.1, 0.15) is 61.8 Å². The van der Waals surface area contributed by atoms with Crippen molar-refractivity contribution < 1.29 is 5.11 Å². The molecule has 36 heavy (non-hydrogen) atoms. The molecule has 1 aromatic heterocycles. The van der Waals surface area contributed by atoms with Crippen LogP contribution in [-0.4, -0.2) is 20.1 Å². The Bertz CT molecular complexity index is 1420. The van der Waals surface area contributed by atoms with Gasteiger partial charge < -0.3 is 5.11 Å². The average Bonchev–Trinajstić information content (AvgIpc) is 3.31. The number of nitrogens with zero attached hydrogens (tertiary/aromatic N) is 3. The van der Waals surface area contributed by atoms with Gasteiger partial charge in [-0.05, 0) is 46.7 Å². The van der Waals surface area contributed by atoms with Crippen LogP contribution in [0.25, 0.3) is 16.7 Å². The number of hydrogen-bond acceptors (Lipinski definition) is 3. The molecule has 182 valence electrons. The zero-order chi connectivity index (χ0) is 25.2. The topological polar surface area (TPSA) is 50.9 Å². The highest BCUT2D eigenvalue weighted by atomic mass is 16.3. The van der Waals surface area contributed by atoms with Crippen LogP contribution in [0.3, 0.4) is 0 Å². The van der Waals surface area contributed by atoms with Gasteiger partial charge in [0, 0.05) is 17.4 Å². The van der Waals surface area contributed by atoms with Crippen LogP contribution >= 0.6 is 0 Å². The van der Waals surface area contributed by atoms with Gasteiger partial charge in [-0.3, -0.25) is 0 Å². The van der Waals surface area contributed by atoms with E-state index in [0.717, 1.165) is 22.2 Å². The van der Waals surface area contributed by atoms with Crippen LogP contribution in [0.4, 0.5) is 0 Å². The van der Waals surface area contributed by atoms with Crippen LogP contribution in [0.15, 0.2) is 97.1 Å². The van der Waals surface area contributed by atoms with Gasteiger partial charge in [0.1, 0.15) is 22.5 Å². The highest BCUT2D eigenvalue weighted by molar-refractivity contribution is 5.74.